The molecule has 0 spiro atoms. The second-order valence-corrected chi connectivity index (χ2v) is 5.81. The van der Waals surface area contributed by atoms with E-state index in [9.17, 15) is 0 Å². The summed E-state index contributed by atoms with van der Waals surface area (Å²) in [4.78, 5) is 1.49. The molecule has 2 aromatic rings. The Morgan fingerprint density at radius 1 is 1.12 bits per heavy atom. The third-order valence-electron chi connectivity index (χ3n) is 2.81. The molecule has 0 aliphatic carbocycles. The number of fused-ring (bicyclic) bond motifs is 1. The van der Waals surface area contributed by atoms with Gasteiger partial charge in [0, 0.05) is 14.6 Å². The van der Waals surface area contributed by atoms with Gasteiger partial charge in [-0.05, 0) is 36.4 Å². The van der Waals surface area contributed by atoms with E-state index in [4.69, 9.17) is 11.6 Å². The van der Waals surface area contributed by atoms with Gasteiger partial charge in [-0.3, -0.25) is 0 Å². The lowest BCUT2D eigenvalue weighted by Crippen LogP contribution is -1.80. The lowest BCUT2D eigenvalue weighted by molar-refractivity contribution is 0.670. The van der Waals surface area contributed by atoms with Crippen molar-refractivity contribution < 1.29 is 0 Å². The normalized spacial score (nSPS) is 11.1. The van der Waals surface area contributed by atoms with E-state index >= 15 is 0 Å². The fourth-order valence-electron chi connectivity index (χ4n) is 1.91. The van der Waals surface area contributed by atoms with E-state index in [2.05, 4.69) is 25.1 Å². The molecule has 2 heteroatoms. The molecule has 0 radical (unpaired) electrons. The summed E-state index contributed by atoms with van der Waals surface area (Å²) in [7, 11) is 0. The summed E-state index contributed by atoms with van der Waals surface area (Å²) in [5, 5.41) is 2.17. The molecule has 0 nitrogen and oxygen atoms in total. The van der Waals surface area contributed by atoms with Crippen molar-refractivity contribution >= 4 is 33.0 Å². The molecule has 0 saturated heterocycles. The molecule has 1 aromatic carbocycles. The summed E-state index contributed by atoms with van der Waals surface area (Å²) >= 11 is 7.87. The number of halogens is 1. The molecular formula is C14H17ClS. The van der Waals surface area contributed by atoms with E-state index < -0.39 is 0 Å². The van der Waals surface area contributed by atoms with Gasteiger partial charge in [-0.25, -0.2) is 0 Å². The van der Waals surface area contributed by atoms with Crippen LogP contribution >= 0.6 is 22.9 Å². The number of hydrogen-bond acceptors (Lipinski definition) is 1. The average Bonchev–Trinajstić information content (AvgIpc) is 2.66. The number of benzene rings is 1. The molecule has 16 heavy (non-hydrogen) atoms. The molecular weight excluding hydrogens is 236 g/mol. The van der Waals surface area contributed by atoms with Gasteiger partial charge in [0.05, 0.1) is 0 Å². The minimum Gasteiger partial charge on any atom is -0.140 e. The standard InChI is InChI=1S/C14H17ClS/c1-2-3-4-5-6-13-9-11-7-8-12(15)10-14(11)16-13/h7-10H,2-6H2,1H3. The van der Waals surface area contributed by atoms with Crippen LogP contribution in [0.1, 0.15) is 37.5 Å². The van der Waals surface area contributed by atoms with Crippen LogP contribution in [0.2, 0.25) is 5.02 Å². The first kappa shape index (κ1) is 11.9. The number of hydrogen-bond donors (Lipinski definition) is 0. The summed E-state index contributed by atoms with van der Waals surface area (Å²) < 4.78 is 1.32. The molecule has 1 aromatic heterocycles. The van der Waals surface area contributed by atoms with Gasteiger partial charge in [0.25, 0.3) is 0 Å². The van der Waals surface area contributed by atoms with Gasteiger partial charge in [0.1, 0.15) is 0 Å². The Morgan fingerprint density at radius 3 is 2.81 bits per heavy atom. The first-order valence-electron chi connectivity index (χ1n) is 5.97. The van der Waals surface area contributed by atoms with Gasteiger partial charge < -0.3 is 0 Å². The van der Waals surface area contributed by atoms with E-state index in [1.807, 2.05) is 17.4 Å². The molecule has 0 fully saturated rings. The average molecular weight is 253 g/mol. The van der Waals surface area contributed by atoms with E-state index in [-0.39, 0.29) is 0 Å². The highest BCUT2D eigenvalue weighted by molar-refractivity contribution is 7.19. The van der Waals surface area contributed by atoms with Gasteiger partial charge >= 0.3 is 0 Å². The molecule has 0 aliphatic heterocycles. The minimum absolute atomic E-state index is 0.840. The van der Waals surface area contributed by atoms with E-state index in [1.165, 1.54) is 47.1 Å². The fourth-order valence-corrected chi connectivity index (χ4v) is 3.29. The lowest BCUT2D eigenvalue weighted by Gasteiger charge is -1.96. The monoisotopic (exact) mass is 252 g/mol. The molecule has 86 valence electrons. The topological polar surface area (TPSA) is 0 Å². The molecule has 0 saturated carbocycles. The largest absolute Gasteiger partial charge is 0.140 e. The predicted molar refractivity (Wildman–Crippen MR) is 74.7 cm³/mol. The Labute approximate surface area is 106 Å². The Bertz CT molecular complexity index is 459. The zero-order valence-corrected chi connectivity index (χ0v) is 11.2. The van der Waals surface area contributed by atoms with Crippen LogP contribution in [-0.2, 0) is 6.42 Å². The maximum absolute atomic E-state index is 5.98. The van der Waals surface area contributed by atoms with E-state index in [1.54, 1.807) is 0 Å². The van der Waals surface area contributed by atoms with Crippen LogP contribution in [0.15, 0.2) is 24.3 Å². The lowest BCUT2D eigenvalue weighted by atomic mass is 10.1. The maximum atomic E-state index is 5.98. The molecule has 1 heterocycles. The second-order valence-electron chi connectivity index (χ2n) is 4.21. The Kier molecular flexibility index (Phi) is 4.25. The quantitative estimate of drug-likeness (QED) is 0.601. The highest BCUT2D eigenvalue weighted by Crippen LogP contribution is 2.29. The van der Waals surface area contributed by atoms with Crippen LogP contribution in [0.25, 0.3) is 10.1 Å². The zero-order valence-electron chi connectivity index (χ0n) is 9.63. The van der Waals surface area contributed by atoms with Crippen molar-refractivity contribution in [3.63, 3.8) is 0 Å². The van der Waals surface area contributed by atoms with Crippen molar-refractivity contribution in [2.75, 3.05) is 0 Å². The predicted octanol–water partition coefficient (Wildman–Crippen LogP) is 5.68. The minimum atomic E-state index is 0.840. The molecule has 0 unspecified atom stereocenters. The first-order chi connectivity index (χ1) is 7.79. The van der Waals surface area contributed by atoms with Crippen LogP contribution < -0.4 is 0 Å². The zero-order chi connectivity index (χ0) is 11.4. The Hall–Kier alpha value is -0.530. The number of thiophene rings is 1. The summed E-state index contributed by atoms with van der Waals surface area (Å²) in [6, 6.07) is 8.46. The number of aryl methyl sites for hydroxylation is 1. The smallest absolute Gasteiger partial charge is 0.0420 e. The molecule has 0 N–H and O–H groups in total. The SMILES string of the molecule is CCCCCCc1cc2ccc(Cl)cc2s1. The van der Waals surface area contributed by atoms with Gasteiger partial charge in [0.2, 0.25) is 0 Å². The summed E-state index contributed by atoms with van der Waals surface area (Å²) in [5.74, 6) is 0. The number of rotatable bonds is 5. The summed E-state index contributed by atoms with van der Waals surface area (Å²) in [5.41, 5.74) is 0. The van der Waals surface area contributed by atoms with Gasteiger partial charge in [0.15, 0.2) is 0 Å². The van der Waals surface area contributed by atoms with Crippen LogP contribution in [0.4, 0.5) is 0 Å². The first-order valence-corrected chi connectivity index (χ1v) is 7.17. The molecule has 0 amide bonds. The van der Waals surface area contributed by atoms with Crippen LogP contribution in [0.3, 0.4) is 0 Å². The molecule has 0 bridgehead atoms. The highest BCUT2D eigenvalue weighted by atomic mass is 35.5. The van der Waals surface area contributed by atoms with Crippen molar-refractivity contribution in [2.45, 2.75) is 39.0 Å². The third-order valence-corrected chi connectivity index (χ3v) is 4.20. The van der Waals surface area contributed by atoms with E-state index in [0.29, 0.717) is 0 Å². The summed E-state index contributed by atoms with van der Waals surface area (Å²) in [6.45, 7) is 2.25. The van der Waals surface area contributed by atoms with E-state index in [0.717, 1.165) is 5.02 Å². The fraction of sp³-hybridized carbons (Fsp3) is 0.429. The van der Waals surface area contributed by atoms with Gasteiger partial charge in [-0.2, -0.15) is 0 Å². The van der Waals surface area contributed by atoms with Crippen molar-refractivity contribution in [2.24, 2.45) is 0 Å². The van der Waals surface area contributed by atoms with Gasteiger partial charge in [-0.15, -0.1) is 11.3 Å². The maximum Gasteiger partial charge on any atom is 0.0420 e. The third kappa shape index (κ3) is 2.99. The Balaban J connectivity index is 2.02. The van der Waals surface area contributed by atoms with Crippen LogP contribution in [0.5, 0.6) is 0 Å². The van der Waals surface area contributed by atoms with Crippen LogP contribution in [0, 0.1) is 0 Å². The molecule has 0 aliphatic rings. The van der Waals surface area contributed by atoms with Crippen molar-refractivity contribution in [3.05, 3.63) is 34.2 Å². The second kappa shape index (κ2) is 5.70. The molecule has 0 atom stereocenters. The van der Waals surface area contributed by atoms with Crippen molar-refractivity contribution in [1.29, 1.82) is 0 Å². The van der Waals surface area contributed by atoms with Crippen molar-refractivity contribution in [1.82, 2.24) is 0 Å². The summed E-state index contributed by atoms with van der Waals surface area (Å²) in [6.07, 6.45) is 6.55. The van der Waals surface area contributed by atoms with Gasteiger partial charge in [-0.1, -0.05) is 43.9 Å². The Morgan fingerprint density at radius 2 is 2.00 bits per heavy atom. The molecule has 2 rings (SSSR count). The highest BCUT2D eigenvalue weighted by Gasteiger charge is 2.02. The number of unbranched alkanes of at least 4 members (excludes halogenated alkanes) is 3. The van der Waals surface area contributed by atoms with Crippen LogP contribution in [-0.4, -0.2) is 0 Å². The van der Waals surface area contributed by atoms with Crippen molar-refractivity contribution in [3.8, 4) is 0 Å².